The third kappa shape index (κ3) is 3.46. The van der Waals surface area contributed by atoms with E-state index in [2.05, 4.69) is 138 Å². The van der Waals surface area contributed by atoms with E-state index < -0.39 is 0 Å². The second-order valence-electron chi connectivity index (χ2n) is 11.8. The predicted molar refractivity (Wildman–Crippen MR) is 187 cm³/mol. The summed E-state index contributed by atoms with van der Waals surface area (Å²) in [5, 5.41) is 5.06. The van der Waals surface area contributed by atoms with Gasteiger partial charge in [0.2, 0.25) is 0 Å². The average molecular weight is 572 g/mol. The van der Waals surface area contributed by atoms with Crippen LogP contribution < -0.4 is 0 Å². The molecular weight excluding hydrogens is 546 g/mol. The molecule has 2 heterocycles. The average Bonchev–Trinajstić information content (AvgIpc) is 3.39. The Morgan fingerprint density at radius 3 is 1.71 bits per heavy atom. The monoisotopic (exact) mass is 571 g/mol. The van der Waals surface area contributed by atoms with Crippen molar-refractivity contribution in [2.45, 2.75) is 0 Å². The van der Waals surface area contributed by atoms with Crippen LogP contribution in [0.25, 0.3) is 94.1 Å². The minimum atomic E-state index is 0.837. The number of rotatable bonds is 3. The molecule has 2 aromatic heterocycles. The molecule has 9 aromatic rings. The van der Waals surface area contributed by atoms with Gasteiger partial charge in [-0.2, -0.15) is 0 Å². The van der Waals surface area contributed by atoms with Gasteiger partial charge in [-0.1, -0.05) is 127 Å². The van der Waals surface area contributed by atoms with Crippen molar-refractivity contribution < 1.29 is 0 Å². The molecule has 0 atom stereocenters. The number of para-hydroxylation sites is 2. The zero-order chi connectivity index (χ0) is 29.5. The van der Waals surface area contributed by atoms with Crippen molar-refractivity contribution in [1.82, 2.24) is 14.5 Å². The quantitative estimate of drug-likeness (QED) is 0.211. The Bertz CT molecular complexity index is 2630. The minimum absolute atomic E-state index is 0.837. The van der Waals surface area contributed by atoms with Crippen LogP contribution in [0.3, 0.4) is 0 Å². The highest BCUT2D eigenvalue weighted by atomic mass is 15.1. The lowest BCUT2D eigenvalue weighted by Gasteiger charge is -2.16. The first-order chi connectivity index (χ1) is 22.3. The van der Waals surface area contributed by atoms with Gasteiger partial charge in [-0.25, -0.2) is 9.97 Å². The zero-order valence-corrected chi connectivity index (χ0v) is 24.3. The summed E-state index contributed by atoms with van der Waals surface area (Å²) in [7, 11) is 0. The molecule has 208 valence electrons. The van der Waals surface area contributed by atoms with Crippen molar-refractivity contribution in [2.75, 3.05) is 0 Å². The molecule has 0 radical (unpaired) electrons. The number of hydrogen-bond acceptors (Lipinski definition) is 2. The Balaban J connectivity index is 1.33. The van der Waals surface area contributed by atoms with Gasteiger partial charge in [0.25, 0.3) is 0 Å². The Kier molecular flexibility index (Phi) is 5.00. The molecule has 0 fully saturated rings. The van der Waals surface area contributed by atoms with E-state index in [0.29, 0.717) is 0 Å². The van der Waals surface area contributed by atoms with E-state index in [9.17, 15) is 0 Å². The van der Waals surface area contributed by atoms with Gasteiger partial charge in [0.15, 0.2) is 5.82 Å². The maximum atomic E-state index is 5.37. The Hall–Kier alpha value is -6.06. The maximum absolute atomic E-state index is 5.37. The largest absolute Gasteiger partial charge is 0.292 e. The predicted octanol–water partition coefficient (Wildman–Crippen LogP) is 10.9. The summed E-state index contributed by atoms with van der Waals surface area (Å²) in [5.74, 6) is 0.837. The lowest BCUT2D eigenvalue weighted by atomic mass is 9.93. The van der Waals surface area contributed by atoms with Crippen LogP contribution in [0.15, 0.2) is 152 Å². The zero-order valence-electron chi connectivity index (χ0n) is 24.3. The smallest absolute Gasteiger partial charge is 0.165 e. The second-order valence-corrected chi connectivity index (χ2v) is 11.8. The van der Waals surface area contributed by atoms with Crippen molar-refractivity contribution >= 4 is 43.6 Å². The highest BCUT2D eigenvalue weighted by molar-refractivity contribution is 6.30. The van der Waals surface area contributed by atoms with Crippen molar-refractivity contribution in [3.63, 3.8) is 0 Å². The van der Waals surface area contributed by atoms with Crippen LogP contribution >= 0.6 is 0 Å². The van der Waals surface area contributed by atoms with Gasteiger partial charge in [-0.15, -0.1) is 0 Å². The molecule has 0 N–H and O–H groups in total. The van der Waals surface area contributed by atoms with Gasteiger partial charge in [-0.3, -0.25) is 4.57 Å². The van der Waals surface area contributed by atoms with Crippen molar-refractivity contribution in [3.05, 3.63) is 152 Å². The minimum Gasteiger partial charge on any atom is -0.292 e. The molecule has 10 rings (SSSR count). The molecule has 3 nitrogen and oxygen atoms in total. The molecule has 7 aromatic carbocycles. The SMILES string of the molecule is c1ccc(-c2ccc(-c3nc4ccccc4nc3-n3c4cccc5c4c4c6c(cccc6ccc43)-c3ccccc3-5)cc2)cc1. The van der Waals surface area contributed by atoms with Gasteiger partial charge < -0.3 is 0 Å². The molecule has 0 aliphatic heterocycles. The summed E-state index contributed by atoms with van der Waals surface area (Å²) >= 11 is 0. The molecule has 0 spiro atoms. The lowest BCUT2D eigenvalue weighted by Crippen LogP contribution is -2.04. The number of benzene rings is 7. The molecule has 3 heteroatoms. The summed E-state index contributed by atoms with van der Waals surface area (Å²) in [6.45, 7) is 0. The van der Waals surface area contributed by atoms with E-state index in [4.69, 9.17) is 9.97 Å². The van der Waals surface area contributed by atoms with E-state index in [-0.39, 0.29) is 0 Å². The van der Waals surface area contributed by atoms with Gasteiger partial charge in [0.1, 0.15) is 5.69 Å². The highest BCUT2D eigenvalue weighted by Gasteiger charge is 2.26. The molecule has 1 aliphatic carbocycles. The molecule has 0 bridgehead atoms. The van der Waals surface area contributed by atoms with E-state index in [1.54, 1.807) is 0 Å². The maximum Gasteiger partial charge on any atom is 0.165 e. The van der Waals surface area contributed by atoms with Crippen LogP contribution in [0.1, 0.15) is 0 Å². The number of nitrogens with zero attached hydrogens (tertiary/aromatic N) is 3. The normalized spacial score (nSPS) is 12.0. The summed E-state index contributed by atoms with van der Waals surface area (Å²) in [5.41, 5.74) is 13.3. The molecule has 45 heavy (non-hydrogen) atoms. The number of aromatic nitrogens is 3. The topological polar surface area (TPSA) is 30.7 Å². The lowest BCUT2D eigenvalue weighted by molar-refractivity contribution is 1.08. The van der Waals surface area contributed by atoms with Crippen LogP contribution in [0.2, 0.25) is 0 Å². The first kappa shape index (κ1) is 24.4. The van der Waals surface area contributed by atoms with Crippen molar-refractivity contribution in [2.24, 2.45) is 0 Å². The van der Waals surface area contributed by atoms with E-state index in [1.807, 2.05) is 18.2 Å². The molecule has 0 unspecified atom stereocenters. The van der Waals surface area contributed by atoms with Crippen LogP contribution in [-0.2, 0) is 0 Å². The van der Waals surface area contributed by atoms with Gasteiger partial charge in [0.05, 0.1) is 22.1 Å². The molecule has 0 amide bonds. The van der Waals surface area contributed by atoms with Crippen LogP contribution in [0.5, 0.6) is 0 Å². The first-order valence-electron chi connectivity index (χ1n) is 15.4. The summed E-state index contributed by atoms with van der Waals surface area (Å²) in [4.78, 5) is 10.7. The number of hydrogen-bond donors (Lipinski definition) is 0. The van der Waals surface area contributed by atoms with Gasteiger partial charge >= 0.3 is 0 Å². The van der Waals surface area contributed by atoms with Gasteiger partial charge in [0, 0.05) is 16.3 Å². The molecule has 0 saturated heterocycles. The Morgan fingerprint density at radius 1 is 0.356 bits per heavy atom. The molecular formula is C42H25N3. The number of fused-ring (bicyclic) bond motifs is 4. The van der Waals surface area contributed by atoms with Crippen LogP contribution in [0.4, 0.5) is 0 Å². The fourth-order valence-electron chi connectivity index (χ4n) is 7.35. The van der Waals surface area contributed by atoms with Gasteiger partial charge in [-0.05, 0) is 68.4 Å². The first-order valence-corrected chi connectivity index (χ1v) is 15.4. The highest BCUT2D eigenvalue weighted by Crippen LogP contribution is 2.49. The Morgan fingerprint density at radius 2 is 0.933 bits per heavy atom. The summed E-state index contributed by atoms with van der Waals surface area (Å²) < 4.78 is 2.35. The van der Waals surface area contributed by atoms with E-state index >= 15 is 0 Å². The van der Waals surface area contributed by atoms with Crippen LogP contribution in [-0.4, -0.2) is 14.5 Å². The third-order valence-corrected chi connectivity index (χ3v) is 9.33. The third-order valence-electron chi connectivity index (χ3n) is 9.33. The second kappa shape index (κ2) is 9.22. The Labute approximate surface area is 259 Å². The molecule has 0 saturated carbocycles. The van der Waals surface area contributed by atoms with E-state index in [0.717, 1.165) is 39.1 Å². The van der Waals surface area contributed by atoms with Crippen molar-refractivity contribution in [3.8, 4) is 50.5 Å². The van der Waals surface area contributed by atoms with E-state index in [1.165, 1.54) is 54.9 Å². The molecule has 1 aliphatic rings. The fourth-order valence-corrected chi connectivity index (χ4v) is 7.35. The fraction of sp³-hybridized carbons (Fsp3) is 0. The summed E-state index contributed by atoms with van der Waals surface area (Å²) in [6.07, 6.45) is 0. The standard InChI is InChI=1S/C42H25N3/c1-2-10-26(11-3-1)27-20-22-29(23-21-27)41-42(44-35-18-7-6-17-34(35)43-41)45-36-19-9-16-33-31-14-5-4-13-30(31)32-15-8-12-28-24-25-37(45)40(38(28)32)39(33)36/h1-25H. The van der Waals surface area contributed by atoms with Crippen LogP contribution in [0, 0.1) is 0 Å². The van der Waals surface area contributed by atoms with Crippen molar-refractivity contribution in [1.29, 1.82) is 0 Å². The summed E-state index contributed by atoms with van der Waals surface area (Å²) in [6, 6.07) is 54.1.